The zero-order chi connectivity index (χ0) is 8.04. The molecule has 0 radical (unpaired) electrons. The molecule has 5 heteroatoms. The van der Waals surface area contributed by atoms with Crippen LogP contribution in [-0.4, -0.2) is 19.4 Å². The molecule has 0 atom stereocenters. The van der Waals surface area contributed by atoms with E-state index in [0.29, 0.717) is 0 Å². The van der Waals surface area contributed by atoms with Crippen molar-refractivity contribution in [1.82, 2.24) is 0 Å². The van der Waals surface area contributed by atoms with Gasteiger partial charge >= 0.3 is 6.11 Å². The molecule has 0 aromatic carbocycles. The Bertz CT molecular complexity index is 131. The van der Waals surface area contributed by atoms with E-state index in [0.717, 1.165) is 0 Å². The monoisotopic (exact) mass is 153 g/mol. The summed E-state index contributed by atoms with van der Waals surface area (Å²) >= 11 is 0. The zero-order valence-corrected chi connectivity index (χ0v) is 5.11. The molecular formula is C5H6F3NO. The summed E-state index contributed by atoms with van der Waals surface area (Å²) in [4.78, 5) is 0. The first-order valence-electron chi connectivity index (χ1n) is 2.57. The fourth-order valence-electron chi connectivity index (χ4n) is 0.285. The number of alkyl halides is 3. The third kappa shape index (κ3) is 4.15. The van der Waals surface area contributed by atoms with E-state index in [1.807, 2.05) is 0 Å². The number of nitriles is 1. The molecule has 0 saturated heterocycles. The van der Waals surface area contributed by atoms with Gasteiger partial charge in [0.15, 0.2) is 6.67 Å². The Morgan fingerprint density at radius 2 is 2.10 bits per heavy atom. The SMILES string of the molecule is N#CCCOC(F)(F)CF. The molecule has 10 heavy (non-hydrogen) atoms. The summed E-state index contributed by atoms with van der Waals surface area (Å²) in [6.07, 6.45) is -3.88. The summed E-state index contributed by atoms with van der Waals surface area (Å²) in [7, 11) is 0. The molecule has 58 valence electrons. The number of ether oxygens (including phenoxy) is 1. The van der Waals surface area contributed by atoms with Gasteiger partial charge in [-0.1, -0.05) is 0 Å². The summed E-state index contributed by atoms with van der Waals surface area (Å²) in [5.41, 5.74) is 0. The van der Waals surface area contributed by atoms with Crippen molar-refractivity contribution < 1.29 is 17.9 Å². The molecule has 0 rings (SSSR count). The first-order valence-corrected chi connectivity index (χ1v) is 2.57. The van der Waals surface area contributed by atoms with E-state index in [2.05, 4.69) is 4.74 Å². The van der Waals surface area contributed by atoms with Crippen LogP contribution in [0.2, 0.25) is 0 Å². The van der Waals surface area contributed by atoms with E-state index >= 15 is 0 Å². The number of rotatable bonds is 4. The molecule has 0 aliphatic carbocycles. The van der Waals surface area contributed by atoms with Gasteiger partial charge in [0.05, 0.1) is 19.1 Å². The summed E-state index contributed by atoms with van der Waals surface area (Å²) in [5.74, 6) is 0. The Morgan fingerprint density at radius 1 is 1.50 bits per heavy atom. The molecular weight excluding hydrogens is 147 g/mol. The minimum absolute atomic E-state index is 0.157. The molecule has 0 N–H and O–H groups in total. The third-order valence-electron chi connectivity index (χ3n) is 0.683. The van der Waals surface area contributed by atoms with Gasteiger partial charge in [0.1, 0.15) is 0 Å². The smallest absolute Gasteiger partial charge is 0.317 e. The van der Waals surface area contributed by atoms with Crippen molar-refractivity contribution in [3.63, 3.8) is 0 Å². The number of hydrogen-bond donors (Lipinski definition) is 0. The average Bonchev–Trinajstić information content (AvgIpc) is 1.89. The predicted molar refractivity (Wildman–Crippen MR) is 27.1 cm³/mol. The normalized spacial score (nSPS) is 11.0. The fraction of sp³-hybridized carbons (Fsp3) is 0.800. The highest BCUT2D eigenvalue weighted by Gasteiger charge is 2.29. The minimum atomic E-state index is -3.73. The lowest BCUT2D eigenvalue weighted by Crippen LogP contribution is -2.23. The quantitative estimate of drug-likeness (QED) is 0.573. The third-order valence-corrected chi connectivity index (χ3v) is 0.683. The van der Waals surface area contributed by atoms with Crippen LogP contribution in [0.5, 0.6) is 0 Å². The van der Waals surface area contributed by atoms with Gasteiger partial charge in [-0.25, -0.2) is 4.39 Å². The highest BCUT2D eigenvalue weighted by atomic mass is 19.3. The van der Waals surface area contributed by atoms with Gasteiger partial charge in [-0.05, 0) is 0 Å². The second-order valence-corrected chi connectivity index (χ2v) is 1.53. The van der Waals surface area contributed by atoms with Crippen molar-refractivity contribution in [3.05, 3.63) is 0 Å². The van der Waals surface area contributed by atoms with Crippen LogP contribution in [0.4, 0.5) is 13.2 Å². The highest BCUT2D eigenvalue weighted by Crippen LogP contribution is 2.15. The largest absolute Gasteiger partial charge is 0.384 e. The second kappa shape index (κ2) is 4.12. The Balaban J connectivity index is 3.39. The topological polar surface area (TPSA) is 33.0 Å². The van der Waals surface area contributed by atoms with Crippen molar-refractivity contribution in [2.45, 2.75) is 12.5 Å². The van der Waals surface area contributed by atoms with Crippen molar-refractivity contribution in [2.24, 2.45) is 0 Å². The van der Waals surface area contributed by atoms with E-state index < -0.39 is 19.4 Å². The van der Waals surface area contributed by atoms with Crippen LogP contribution in [0.15, 0.2) is 0 Å². The van der Waals surface area contributed by atoms with E-state index in [9.17, 15) is 13.2 Å². The first-order chi connectivity index (χ1) is 4.62. The molecule has 0 unspecified atom stereocenters. The molecule has 0 spiro atoms. The summed E-state index contributed by atoms with van der Waals surface area (Å²) in [5, 5.41) is 7.87. The summed E-state index contributed by atoms with van der Waals surface area (Å²) < 4.78 is 38.5. The van der Waals surface area contributed by atoms with Gasteiger partial charge in [-0.2, -0.15) is 14.0 Å². The molecule has 2 nitrogen and oxygen atoms in total. The van der Waals surface area contributed by atoms with E-state index in [1.165, 1.54) is 0 Å². The van der Waals surface area contributed by atoms with Crippen molar-refractivity contribution >= 4 is 0 Å². The minimum Gasteiger partial charge on any atom is -0.317 e. The predicted octanol–water partition coefficient (Wildman–Crippen LogP) is 1.48. The lowest BCUT2D eigenvalue weighted by molar-refractivity contribution is -0.244. The first kappa shape index (κ1) is 9.24. The van der Waals surface area contributed by atoms with Crippen molar-refractivity contribution in [1.29, 1.82) is 5.26 Å². The fourth-order valence-corrected chi connectivity index (χ4v) is 0.285. The van der Waals surface area contributed by atoms with Crippen LogP contribution in [0, 0.1) is 11.3 Å². The highest BCUT2D eigenvalue weighted by molar-refractivity contribution is 4.67. The van der Waals surface area contributed by atoms with Gasteiger partial charge in [0.25, 0.3) is 0 Å². The Kier molecular flexibility index (Phi) is 3.81. The molecule has 0 saturated carbocycles. The van der Waals surface area contributed by atoms with E-state index in [4.69, 9.17) is 5.26 Å². The molecule has 0 aromatic heterocycles. The number of hydrogen-bond acceptors (Lipinski definition) is 2. The maximum atomic E-state index is 11.8. The molecule has 0 aliphatic rings. The van der Waals surface area contributed by atoms with Gasteiger partial charge < -0.3 is 4.74 Å². The Labute approximate surface area is 56.2 Å². The van der Waals surface area contributed by atoms with E-state index in [-0.39, 0.29) is 6.42 Å². The zero-order valence-electron chi connectivity index (χ0n) is 5.11. The van der Waals surface area contributed by atoms with Crippen LogP contribution < -0.4 is 0 Å². The summed E-state index contributed by atoms with van der Waals surface area (Å²) in [6.45, 7) is -2.29. The van der Waals surface area contributed by atoms with Crippen LogP contribution in [0.3, 0.4) is 0 Å². The van der Waals surface area contributed by atoms with Crippen molar-refractivity contribution in [3.8, 4) is 6.07 Å². The van der Waals surface area contributed by atoms with Crippen LogP contribution in [0.1, 0.15) is 6.42 Å². The van der Waals surface area contributed by atoms with Crippen LogP contribution in [0.25, 0.3) is 0 Å². The van der Waals surface area contributed by atoms with Gasteiger partial charge in [-0.3, -0.25) is 0 Å². The van der Waals surface area contributed by atoms with Gasteiger partial charge in [0, 0.05) is 0 Å². The lowest BCUT2D eigenvalue weighted by atomic mass is 10.5. The molecule has 0 amide bonds. The average molecular weight is 153 g/mol. The Morgan fingerprint density at radius 3 is 2.50 bits per heavy atom. The second-order valence-electron chi connectivity index (χ2n) is 1.53. The Hall–Kier alpha value is -0.760. The number of nitrogens with zero attached hydrogens (tertiary/aromatic N) is 1. The van der Waals surface area contributed by atoms with Crippen LogP contribution >= 0.6 is 0 Å². The molecule has 0 fully saturated rings. The van der Waals surface area contributed by atoms with E-state index in [1.54, 1.807) is 6.07 Å². The molecule has 0 heterocycles. The van der Waals surface area contributed by atoms with Gasteiger partial charge in [-0.15, -0.1) is 0 Å². The standard InChI is InChI=1S/C5H6F3NO/c6-4-5(7,8)10-3-1-2-9/h1,3-4H2. The molecule has 0 bridgehead atoms. The van der Waals surface area contributed by atoms with Crippen molar-refractivity contribution in [2.75, 3.05) is 13.3 Å². The molecule has 0 aromatic rings. The molecule has 0 aliphatic heterocycles. The van der Waals surface area contributed by atoms with Gasteiger partial charge in [0.2, 0.25) is 0 Å². The van der Waals surface area contributed by atoms with Crippen LogP contribution in [-0.2, 0) is 4.74 Å². The maximum Gasteiger partial charge on any atom is 0.384 e. The summed E-state index contributed by atoms with van der Waals surface area (Å²) in [6, 6.07) is 1.58. The number of halogens is 3. The maximum absolute atomic E-state index is 11.8. The lowest BCUT2D eigenvalue weighted by Gasteiger charge is -2.10.